The summed E-state index contributed by atoms with van der Waals surface area (Å²) in [6.07, 6.45) is 0. The molecule has 2 aromatic rings. The number of thioether (sulfide) groups is 1. The van der Waals surface area contributed by atoms with Crippen LogP contribution in [0.4, 0.5) is 0 Å². The first kappa shape index (κ1) is 18.4. The number of aryl methyl sites for hydroxylation is 3. The molecule has 0 aliphatic rings. The minimum absolute atomic E-state index is 0.0606. The summed E-state index contributed by atoms with van der Waals surface area (Å²) >= 11 is 1.82. The van der Waals surface area contributed by atoms with E-state index in [1.165, 1.54) is 22.3 Å². The number of hydrogen-bond donors (Lipinski definition) is 1. The lowest BCUT2D eigenvalue weighted by Gasteiger charge is -2.09. The van der Waals surface area contributed by atoms with Crippen LogP contribution in [0, 0.1) is 20.8 Å². The Balaban J connectivity index is 1.59. The molecule has 0 aliphatic carbocycles. The third-order valence-electron chi connectivity index (χ3n) is 3.81. The van der Waals surface area contributed by atoms with E-state index in [1.54, 1.807) is 0 Å². The zero-order valence-electron chi connectivity index (χ0n) is 14.6. The van der Waals surface area contributed by atoms with Gasteiger partial charge in [0.15, 0.2) is 6.61 Å². The van der Waals surface area contributed by atoms with Crippen LogP contribution in [0.25, 0.3) is 0 Å². The molecule has 24 heavy (non-hydrogen) atoms. The number of nitrogens with one attached hydrogen (secondary N) is 1. The lowest BCUT2D eigenvalue weighted by Crippen LogP contribution is -2.30. The van der Waals surface area contributed by atoms with Crippen molar-refractivity contribution in [3.05, 3.63) is 64.7 Å². The van der Waals surface area contributed by atoms with Crippen molar-refractivity contribution in [1.29, 1.82) is 0 Å². The number of rotatable bonds is 8. The van der Waals surface area contributed by atoms with Gasteiger partial charge in [0.25, 0.3) is 5.91 Å². The molecule has 0 radical (unpaired) electrons. The first-order valence-electron chi connectivity index (χ1n) is 8.14. The SMILES string of the molecule is Cc1ccc(CSCCNC(=O)COc2ccc(C)c(C)c2)cc1. The zero-order valence-corrected chi connectivity index (χ0v) is 15.4. The van der Waals surface area contributed by atoms with Crippen LogP contribution in [0.1, 0.15) is 22.3 Å². The van der Waals surface area contributed by atoms with Crippen molar-refractivity contribution in [1.82, 2.24) is 5.32 Å². The first-order chi connectivity index (χ1) is 11.5. The molecule has 0 bridgehead atoms. The van der Waals surface area contributed by atoms with E-state index in [9.17, 15) is 4.79 Å². The Kier molecular flexibility index (Phi) is 7.19. The second-order valence-electron chi connectivity index (χ2n) is 5.92. The van der Waals surface area contributed by atoms with Gasteiger partial charge >= 0.3 is 0 Å². The zero-order chi connectivity index (χ0) is 17.4. The van der Waals surface area contributed by atoms with E-state index in [4.69, 9.17) is 4.74 Å². The van der Waals surface area contributed by atoms with E-state index in [0.717, 1.165) is 17.3 Å². The smallest absolute Gasteiger partial charge is 0.257 e. The summed E-state index contributed by atoms with van der Waals surface area (Å²) in [4.78, 5) is 11.8. The van der Waals surface area contributed by atoms with E-state index in [0.29, 0.717) is 6.54 Å². The molecule has 0 unspecified atom stereocenters. The van der Waals surface area contributed by atoms with Gasteiger partial charge in [0.05, 0.1) is 0 Å². The average Bonchev–Trinajstić information content (AvgIpc) is 2.57. The molecule has 0 atom stereocenters. The highest BCUT2D eigenvalue weighted by atomic mass is 32.2. The Morgan fingerprint density at radius 1 is 1.04 bits per heavy atom. The molecule has 0 saturated heterocycles. The quantitative estimate of drug-likeness (QED) is 0.735. The van der Waals surface area contributed by atoms with Crippen molar-refractivity contribution in [2.75, 3.05) is 18.9 Å². The molecular formula is C20H25NO2S. The highest BCUT2D eigenvalue weighted by Crippen LogP contribution is 2.16. The van der Waals surface area contributed by atoms with Crippen LogP contribution in [0.2, 0.25) is 0 Å². The molecule has 0 aromatic heterocycles. The van der Waals surface area contributed by atoms with Crippen LogP contribution >= 0.6 is 11.8 Å². The average molecular weight is 343 g/mol. The number of benzene rings is 2. The number of ether oxygens (including phenoxy) is 1. The van der Waals surface area contributed by atoms with Gasteiger partial charge in [0.2, 0.25) is 0 Å². The number of carbonyl (C=O) groups is 1. The van der Waals surface area contributed by atoms with E-state index in [-0.39, 0.29) is 12.5 Å². The minimum atomic E-state index is -0.0795. The van der Waals surface area contributed by atoms with Gasteiger partial charge < -0.3 is 10.1 Å². The third kappa shape index (κ3) is 6.28. The van der Waals surface area contributed by atoms with Gasteiger partial charge in [-0.2, -0.15) is 11.8 Å². The summed E-state index contributed by atoms with van der Waals surface area (Å²) in [5.41, 5.74) is 4.98. The fraction of sp³-hybridized carbons (Fsp3) is 0.350. The summed E-state index contributed by atoms with van der Waals surface area (Å²) in [5, 5.41) is 2.89. The maximum atomic E-state index is 11.8. The summed E-state index contributed by atoms with van der Waals surface area (Å²) in [6, 6.07) is 14.4. The van der Waals surface area contributed by atoms with Crippen LogP contribution < -0.4 is 10.1 Å². The summed E-state index contributed by atoms with van der Waals surface area (Å²) in [7, 11) is 0. The fourth-order valence-corrected chi connectivity index (χ4v) is 2.96. The highest BCUT2D eigenvalue weighted by Gasteiger charge is 2.03. The summed E-state index contributed by atoms with van der Waals surface area (Å²) < 4.78 is 5.52. The lowest BCUT2D eigenvalue weighted by molar-refractivity contribution is -0.122. The Labute approximate surface area is 148 Å². The summed E-state index contributed by atoms with van der Waals surface area (Å²) in [5.74, 6) is 2.52. The summed E-state index contributed by atoms with van der Waals surface area (Å²) in [6.45, 7) is 6.90. The molecule has 4 heteroatoms. The molecule has 128 valence electrons. The van der Waals surface area contributed by atoms with Gasteiger partial charge in [0, 0.05) is 18.1 Å². The van der Waals surface area contributed by atoms with E-state index >= 15 is 0 Å². The van der Waals surface area contributed by atoms with Crippen molar-refractivity contribution in [3.63, 3.8) is 0 Å². The van der Waals surface area contributed by atoms with Crippen LogP contribution in [-0.4, -0.2) is 24.8 Å². The molecule has 0 fully saturated rings. The lowest BCUT2D eigenvalue weighted by atomic mass is 10.1. The molecule has 1 N–H and O–H groups in total. The molecule has 1 amide bonds. The van der Waals surface area contributed by atoms with E-state index in [2.05, 4.69) is 43.4 Å². The second kappa shape index (κ2) is 9.38. The Morgan fingerprint density at radius 2 is 1.79 bits per heavy atom. The predicted octanol–water partition coefficient (Wildman–Crippen LogP) is 4.04. The van der Waals surface area contributed by atoms with Crippen molar-refractivity contribution in [2.24, 2.45) is 0 Å². The highest BCUT2D eigenvalue weighted by molar-refractivity contribution is 7.98. The van der Waals surface area contributed by atoms with Gasteiger partial charge in [-0.15, -0.1) is 0 Å². The number of hydrogen-bond acceptors (Lipinski definition) is 3. The largest absolute Gasteiger partial charge is 0.484 e. The first-order valence-corrected chi connectivity index (χ1v) is 9.30. The van der Waals surface area contributed by atoms with Crippen LogP contribution in [0.3, 0.4) is 0 Å². The van der Waals surface area contributed by atoms with Gasteiger partial charge in [0.1, 0.15) is 5.75 Å². The molecule has 2 aromatic carbocycles. The Bertz CT molecular complexity index is 668. The maximum Gasteiger partial charge on any atom is 0.257 e. The standard InChI is InChI=1S/C20H25NO2S/c1-15-4-7-18(8-5-15)14-24-11-10-21-20(22)13-23-19-9-6-16(2)17(3)12-19/h4-9,12H,10-11,13-14H2,1-3H3,(H,21,22). The van der Waals surface area contributed by atoms with Crippen LogP contribution in [-0.2, 0) is 10.5 Å². The van der Waals surface area contributed by atoms with Gasteiger partial charge in [-0.3, -0.25) is 4.79 Å². The minimum Gasteiger partial charge on any atom is -0.484 e. The fourth-order valence-electron chi connectivity index (χ4n) is 2.14. The van der Waals surface area contributed by atoms with Crippen molar-refractivity contribution < 1.29 is 9.53 Å². The second-order valence-corrected chi connectivity index (χ2v) is 7.03. The number of amides is 1. The Morgan fingerprint density at radius 3 is 2.50 bits per heavy atom. The monoisotopic (exact) mass is 343 g/mol. The normalized spacial score (nSPS) is 10.5. The van der Waals surface area contributed by atoms with E-state index in [1.807, 2.05) is 36.9 Å². The molecule has 0 saturated carbocycles. The van der Waals surface area contributed by atoms with Crippen LogP contribution in [0.5, 0.6) is 5.75 Å². The predicted molar refractivity (Wildman–Crippen MR) is 102 cm³/mol. The number of carbonyl (C=O) groups excluding carboxylic acids is 1. The van der Waals surface area contributed by atoms with Crippen molar-refractivity contribution in [3.8, 4) is 5.75 Å². The van der Waals surface area contributed by atoms with Gasteiger partial charge in [-0.1, -0.05) is 35.9 Å². The van der Waals surface area contributed by atoms with Crippen LogP contribution in [0.15, 0.2) is 42.5 Å². The topological polar surface area (TPSA) is 38.3 Å². The van der Waals surface area contributed by atoms with E-state index < -0.39 is 0 Å². The van der Waals surface area contributed by atoms with Crippen molar-refractivity contribution >= 4 is 17.7 Å². The molecule has 0 spiro atoms. The van der Waals surface area contributed by atoms with Gasteiger partial charge in [-0.05, 0) is 49.6 Å². The third-order valence-corrected chi connectivity index (χ3v) is 4.84. The molecule has 0 aliphatic heterocycles. The molecule has 2 rings (SSSR count). The maximum absolute atomic E-state index is 11.8. The van der Waals surface area contributed by atoms with Crippen molar-refractivity contribution in [2.45, 2.75) is 26.5 Å². The van der Waals surface area contributed by atoms with Gasteiger partial charge in [-0.25, -0.2) is 0 Å². The molecule has 3 nitrogen and oxygen atoms in total. The molecule has 0 heterocycles. The molecular weight excluding hydrogens is 318 g/mol. The Hall–Kier alpha value is -1.94.